The van der Waals surface area contributed by atoms with Crippen molar-refractivity contribution < 1.29 is 13.9 Å². The Hall–Kier alpha value is -2.97. The van der Waals surface area contributed by atoms with Gasteiger partial charge in [0.25, 0.3) is 0 Å². The lowest BCUT2D eigenvalue weighted by Crippen LogP contribution is -2.31. The normalized spacial score (nSPS) is 18.0. The average molecular weight is 473 g/mol. The van der Waals surface area contributed by atoms with Crippen molar-refractivity contribution in [2.45, 2.75) is 24.9 Å². The highest BCUT2D eigenvalue weighted by molar-refractivity contribution is 7.80. The monoisotopic (exact) mass is 472 g/mol. The molecule has 1 aliphatic heterocycles. The van der Waals surface area contributed by atoms with E-state index in [1.54, 1.807) is 18.3 Å². The van der Waals surface area contributed by atoms with Gasteiger partial charge < -0.3 is 19.5 Å². The number of ether oxygens (including phenoxy) is 1. The first-order valence-electron chi connectivity index (χ1n) is 10.2. The van der Waals surface area contributed by atoms with Crippen LogP contribution in [0.1, 0.15) is 36.3 Å². The zero-order valence-corrected chi connectivity index (χ0v) is 18.9. The molecule has 0 saturated carbocycles. The van der Waals surface area contributed by atoms with Gasteiger partial charge in [0, 0.05) is 36.7 Å². The number of hydrogen-bond acceptors (Lipinski definition) is 4. The lowest BCUT2D eigenvalue weighted by atomic mass is 10.0. The van der Waals surface area contributed by atoms with E-state index in [9.17, 15) is 9.18 Å². The van der Waals surface area contributed by atoms with E-state index in [1.807, 2.05) is 41.1 Å². The van der Waals surface area contributed by atoms with Crippen LogP contribution in [0.4, 0.5) is 4.39 Å². The Morgan fingerprint density at radius 1 is 1.28 bits per heavy atom. The van der Waals surface area contributed by atoms with Crippen LogP contribution in [0, 0.1) is 5.82 Å². The number of nitrogens with one attached hydrogen (secondary N) is 1. The zero-order valence-electron chi connectivity index (χ0n) is 17.4. The van der Waals surface area contributed by atoms with Gasteiger partial charge in [-0.15, -0.1) is 0 Å². The number of benzene rings is 1. The maximum atomic E-state index is 13.7. The van der Waals surface area contributed by atoms with Crippen LogP contribution in [-0.4, -0.2) is 39.2 Å². The number of pyridine rings is 1. The van der Waals surface area contributed by atoms with Crippen LogP contribution in [0.25, 0.3) is 5.69 Å². The molecule has 3 aromatic rings. The third kappa shape index (κ3) is 4.47. The highest BCUT2D eigenvalue weighted by atomic mass is 35.5. The van der Waals surface area contributed by atoms with Crippen LogP contribution in [0.5, 0.6) is 0 Å². The lowest BCUT2D eigenvalue weighted by Gasteiger charge is -2.29. The third-order valence-electron chi connectivity index (χ3n) is 5.47. The molecule has 0 radical (unpaired) electrons. The molecule has 9 heteroatoms. The van der Waals surface area contributed by atoms with Gasteiger partial charge in [-0.25, -0.2) is 4.39 Å². The van der Waals surface area contributed by atoms with Crippen LogP contribution in [0.2, 0.25) is 5.02 Å². The Kier molecular flexibility index (Phi) is 6.72. The van der Waals surface area contributed by atoms with E-state index in [0.29, 0.717) is 24.5 Å². The van der Waals surface area contributed by atoms with Gasteiger partial charge in [0.05, 0.1) is 29.9 Å². The molecule has 3 heterocycles. The molecule has 1 saturated heterocycles. The van der Waals surface area contributed by atoms with Crippen molar-refractivity contribution in [1.82, 2.24) is 19.8 Å². The summed E-state index contributed by atoms with van der Waals surface area (Å²) in [6, 6.07) is 13.9. The van der Waals surface area contributed by atoms with Gasteiger partial charge in [-0.3, -0.25) is 9.78 Å². The van der Waals surface area contributed by atoms with Crippen LogP contribution in [0.3, 0.4) is 0 Å². The number of carbonyl (C=O) groups is 1. The van der Waals surface area contributed by atoms with E-state index >= 15 is 0 Å². The topological polar surface area (TPSA) is 59.4 Å². The molecule has 0 aliphatic carbocycles. The Morgan fingerprint density at radius 2 is 2.12 bits per heavy atom. The molecule has 1 N–H and O–H groups in total. The van der Waals surface area contributed by atoms with Gasteiger partial charge in [0.1, 0.15) is 5.82 Å². The maximum absolute atomic E-state index is 13.7. The molecule has 2 aromatic heterocycles. The molecule has 1 aromatic carbocycles. The minimum atomic E-state index is -0.469. The molecular weight excluding hydrogens is 451 g/mol. The first-order chi connectivity index (χ1) is 15.5. The number of hydrogen-bond donors (Lipinski definition) is 1. The van der Waals surface area contributed by atoms with Crippen molar-refractivity contribution >= 4 is 34.9 Å². The Labute approximate surface area is 196 Å². The third-order valence-corrected chi connectivity index (χ3v) is 6.11. The Balaban J connectivity index is 1.72. The second-order valence-corrected chi connectivity index (χ2v) is 8.20. The van der Waals surface area contributed by atoms with Crippen LogP contribution >= 0.6 is 23.8 Å². The largest absolute Gasteiger partial charge is 0.469 e. The fourth-order valence-corrected chi connectivity index (χ4v) is 4.48. The summed E-state index contributed by atoms with van der Waals surface area (Å²) in [5.74, 6) is -0.728. The quantitative estimate of drug-likeness (QED) is 0.401. The summed E-state index contributed by atoms with van der Waals surface area (Å²) in [6.45, 7) is 0.560. The maximum Gasteiger partial charge on any atom is 0.305 e. The smallest absolute Gasteiger partial charge is 0.305 e. The molecule has 6 nitrogen and oxygen atoms in total. The van der Waals surface area contributed by atoms with E-state index in [4.69, 9.17) is 28.6 Å². The Bertz CT molecular complexity index is 1120. The van der Waals surface area contributed by atoms with Gasteiger partial charge in [0.2, 0.25) is 0 Å². The molecule has 4 rings (SSSR count). The molecule has 2 unspecified atom stereocenters. The Morgan fingerprint density at radius 3 is 2.84 bits per heavy atom. The highest BCUT2D eigenvalue weighted by Crippen LogP contribution is 2.39. The average Bonchev–Trinajstić information content (AvgIpc) is 3.40. The predicted molar refractivity (Wildman–Crippen MR) is 124 cm³/mol. The van der Waals surface area contributed by atoms with Crippen molar-refractivity contribution in [3.05, 3.63) is 83.2 Å². The summed E-state index contributed by atoms with van der Waals surface area (Å²) in [5, 5.41) is 4.03. The molecule has 1 aliphatic rings. The fourth-order valence-electron chi connectivity index (χ4n) is 3.97. The molecule has 166 valence electrons. The molecule has 0 bridgehead atoms. The fraction of sp³-hybridized carbons (Fsp3) is 0.261. The lowest BCUT2D eigenvalue weighted by molar-refractivity contribution is -0.140. The summed E-state index contributed by atoms with van der Waals surface area (Å²) < 4.78 is 20.5. The van der Waals surface area contributed by atoms with Crippen molar-refractivity contribution in [1.29, 1.82) is 0 Å². The summed E-state index contributed by atoms with van der Waals surface area (Å²) in [5.41, 5.74) is 2.53. The molecule has 0 amide bonds. The van der Waals surface area contributed by atoms with E-state index in [-0.39, 0.29) is 23.1 Å². The number of halogens is 2. The first kappa shape index (κ1) is 22.2. The van der Waals surface area contributed by atoms with Gasteiger partial charge in [-0.05, 0) is 61.1 Å². The highest BCUT2D eigenvalue weighted by Gasteiger charge is 2.41. The summed E-state index contributed by atoms with van der Waals surface area (Å²) in [7, 11) is 1.38. The van der Waals surface area contributed by atoms with Crippen LogP contribution in [-0.2, 0) is 9.53 Å². The van der Waals surface area contributed by atoms with E-state index in [1.165, 1.54) is 13.2 Å². The molecular formula is C23H22ClFN4O2S. The van der Waals surface area contributed by atoms with Crippen molar-refractivity contribution in [3.63, 3.8) is 0 Å². The molecule has 2 atom stereocenters. The van der Waals surface area contributed by atoms with Gasteiger partial charge in [0.15, 0.2) is 5.11 Å². The molecule has 1 fully saturated rings. The number of rotatable bonds is 7. The number of nitrogens with zero attached hydrogens (tertiary/aromatic N) is 3. The van der Waals surface area contributed by atoms with Gasteiger partial charge in [-0.2, -0.15) is 0 Å². The van der Waals surface area contributed by atoms with Crippen molar-refractivity contribution in [2.24, 2.45) is 0 Å². The molecule has 0 spiro atoms. The minimum absolute atomic E-state index is 0.0541. The molecule has 32 heavy (non-hydrogen) atoms. The minimum Gasteiger partial charge on any atom is -0.469 e. The predicted octanol–water partition coefficient (Wildman–Crippen LogP) is 4.59. The summed E-state index contributed by atoms with van der Waals surface area (Å²) in [4.78, 5) is 18.2. The summed E-state index contributed by atoms with van der Waals surface area (Å²) >= 11 is 11.7. The number of esters is 1. The zero-order chi connectivity index (χ0) is 22.7. The first-order valence-corrected chi connectivity index (χ1v) is 11.0. The van der Waals surface area contributed by atoms with E-state index in [2.05, 4.69) is 15.2 Å². The standard InChI is InChI=1S/C23H22ClFN4O2S/c1-31-20(30)8-5-13-29-22(21(27-23(29)32)18-6-2-3-11-26-18)19-7-4-12-28(19)15-9-10-17(25)16(24)14-15/h2-4,6-7,9-12,14,21-22H,5,8,13H2,1H3,(H,27,32). The van der Waals surface area contributed by atoms with Crippen LogP contribution < -0.4 is 5.32 Å². The van der Waals surface area contributed by atoms with Crippen molar-refractivity contribution in [3.8, 4) is 5.69 Å². The number of carbonyl (C=O) groups excluding carboxylic acids is 1. The van der Waals surface area contributed by atoms with Gasteiger partial charge >= 0.3 is 5.97 Å². The number of methoxy groups -OCH3 is 1. The SMILES string of the molecule is COC(=O)CCCN1C(=S)NC(c2ccccn2)C1c1cccn1-c1ccc(F)c(Cl)c1. The van der Waals surface area contributed by atoms with E-state index in [0.717, 1.165) is 17.1 Å². The van der Waals surface area contributed by atoms with Crippen molar-refractivity contribution in [2.75, 3.05) is 13.7 Å². The summed E-state index contributed by atoms with van der Waals surface area (Å²) in [6.07, 6.45) is 4.53. The second-order valence-electron chi connectivity index (χ2n) is 7.40. The van der Waals surface area contributed by atoms with Crippen LogP contribution in [0.15, 0.2) is 60.9 Å². The second kappa shape index (κ2) is 9.67. The number of aromatic nitrogens is 2. The van der Waals surface area contributed by atoms with Gasteiger partial charge in [-0.1, -0.05) is 17.7 Å². The number of thiocarbonyl (C=S) groups is 1. The van der Waals surface area contributed by atoms with E-state index < -0.39 is 5.82 Å².